The van der Waals surface area contributed by atoms with Gasteiger partial charge in [-0.05, 0) is 18.4 Å². The van der Waals surface area contributed by atoms with Crippen LogP contribution in [0.5, 0.6) is 0 Å². The summed E-state index contributed by atoms with van der Waals surface area (Å²) >= 11 is 0. The van der Waals surface area contributed by atoms with Gasteiger partial charge in [0.1, 0.15) is 11.5 Å². The molecule has 4 aromatic rings. The van der Waals surface area contributed by atoms with Gasteiger partial charge in [-0.25, -0.2) is 24.9 Å². The predicted molar refractivity (Wildman–Crippen MR) is 106 cm³/mol. The van der Waals surface area contributed by atoms with Gasteiger partial charge in [-0.1, -0.05) is 6.92 Å². The zero-order chi connectivity index (χ0) is 21.6. The Bertz CT molecular complexity index is 1200. The Morgan fingerprint density at radius 3 is 2.74 bits per heavy atom. The number of hydrogen-bond acceptors (Lipinski definition) is 6. The number of aromatic nitrogens is 7. The van der Waals surface area contributed by atoms with E-state index in [0.717, 1.165) is 37.7 Å². The Hall–Kier alpha value is -3.50. The minimum absolute atomic E-state index is 0.255. The highest BCUT2D eigenvalue weighted by Gasteiger charge is 2.33. The van der Waals surface area contributed by atoms with Gasteiger partial charge in [0, 0.05) is 37.9 Å². The van der Waals surface area contributed by atoms with Crippen LogP contribution in [-0.4, -0.2) is 47.0 Å². The first-order chi connectivity index (χ1) is 14.9. The lowest BCUT2D eigenvalue weighted by atomic mass is 9.93. The molecule has 0 spiro atoms. The number of piperidine rings is 1. The molecule has 1 aliphatic rings. The summed E-state index contributed by atoms with van der Waals surface area (Å²) in [5.74, 6) is 1.52. The van der Waals surface area contributed by atoms with Gasteiger partial charge in [0.2, 0.25) is 0 Å². The Morgan fingerprint density at radius 2 is 1.97 bits per heavy atom. The van der Waals surface area contributed by atoms with Crippen molar-refractivity contribution in [3.8, 4) is 11.5 Å². The third kappa shape index (κ3) is 3.60. The fraction of sp³-hybridized carbons (Fsp3) is 0.350. The molecule has 0 aliphatic carbocycles. The van der Waals surface area contributed by atoms with Gasteiger partial charge in [0.05, 0.1) is 24.8 Å². The summed E-state index contributed by atoms with van der Waals surface area (Å²) in [6.07, 6.45) is 7.08. The first-order valence-corrected chi connectivity index (χ1v) is 9.86. The number of alkyl halides is 3. The second-order valence-corrected chi connectivity index (χ2v) is 7.67. The van der Waals surface area contributed by atoms with Crippen molar-refractivity contribution in [2.24, 2.45) is 5.92 Å². The first-order valence-electron chi connectivity index (χ1n) is 9.86. The summed E-state index contributed by atoms with van der Waals surface area (Å²) in [5, 5.41) is 0. The quantitative estimate of drug-likeness (QED) is 0.497. The number of nitrogens with zero attached hydrogens (tertiary/aromatic N) is 8. The number of hydrogen-bond donors (Lipinski definition) is 0. The van der Waals surface area contributed by atoms with Crippen molar-refractivity contribution in [1.82, 2.24) is 33.9 Å². The second kappa shape index (κ2) is 7.33. The molecule has 8 nitrogen and oxygen atoms in total. The van der Waals surface area contributed by atoms with Gasteiger partial charge in [0.25, 0.3) is 0 Å². The van der Waals surface area contributed by atoms with Crippen LogP contribution in [0.25, 0.3) is 17.2 Å². The number of halogens is 3. The normalized spacial score (nSPS) is 19.8. The average Bonchev–Trinajstić information content (AvgIpc) is 3.43. The molecule has 0 amide bonds. The smallest absolute Gasteiger partial charge is 0.354 e. The Balaban J connectivity index is 1.48. The van der Waals surface area contributed by atoms with Gasteiger partial charge in [-0.15, -0.1) is 0 Å². The molecular formula is C20H19F3N8. The molecule has 160 valence electrons. The maximum absolute atomic E-state index is 13.1. The predicted octanol–water partition coefficient (Wildman–Crippen LogP) is 3.49. The summed E-state index contributed by atoms with van der Waals surface area (Å²) in [7, 11) is 0. The van der Waals surface area contributed by atoms with Crippen LogP contribution in [0.2, 0.25) is 0 Å². The van der Waals surface area contributed by atoms with E-state index in [2.05, 4.69) is 41.3 Å². The molecule has 1 aliphatic heterocycles. The van der Waals surface area contributed by atoms with Crippen LogP contribution < -0.4 is 4.90 Å². The Kier molecular flexibility index (Phi) is 4.60. The molecule has 4 aromatic heterocycles. The Labute approximate surface area is 175 Å². The Morgan fingerprint density at radius 1 is 1.10 bits per heavy atom. The molecule has 0 saturated carbocycles. The number of anilines is 1. The van der Waals surface area contributed by atoms with E-state index >= 15 is 0 Å². The van der Waals surface area contributed by atoms with Gasteiger partial charge >= 0.3 is 6.18 Å². The third-order valence-corrected chi connectivity index (χ3v) is 5.71. The topological polar surface area (TPSA) is 77.0 Å². The number of fused-ring (bicyclic) bond motifs is 1. The summed E-state index contributed by atoms with van der Waals surface area (Å²) in [4.78, 5) is 22.9. The van der Waals surface area contributed by atoms with E-state index in [-0.39, 0.29) is 6.04 Å². The summed E-state index contributed by atoms with van der Waals surface area (Å²) < 4.78 is 42.7. The van der Waals surface area contributed by atoms with Gasteiger partial charge in [-0.2, -0.15) is 13.2 Å². The minimum atomic E-state index is -4.55. The van der Waals surface area contributed by atoms with Gasteiger partial charge < -0.3 is 9.47 Å². The standard InChI is InChI=1S/C20H19F3N8/c1-13-3-6-29(10-15(13)30-7-5-24-12-30)17-2-4-25-19(28-17)14-8-27-18-9-26-16(11-31(14)18)20(21,22)23/h2,4-5,7-9,11-13,15H,3,6,10H2,1H3. The zero-order valence-electron chi connectivity index (χ0n) is 16.6. The van der Waals surface area contributed by atoms with Crippen molar-refractivity contribution in [3.63, 3.8) is 0 Å². The largest absolute Gasteiger partial charge is 0.434 e. The van der Waals surface area contributed by atoms with Gasteiger partial charge in [0.15, 0.2) is 17.2 Å². The van der Waals surface area contributed by atoms with Crippen molar-refractivity contribution < 1.29 is 13.2 Å². The van der Waals surface area contributed by atoms with Crippen molar-refractivity contribution >= 4 is 11.5 Å². The van der Waals surface area contributed by atoms with Crippen LogP contribution in [0.1, 0.15) is 25.1 Å². The fourth-order valence-electron chi connectivity index (χ4n) is 3.96. The summed E-state index contributed by atoms with van der Waals surface area (Å²) in [6.45, 7) is 3.81. The molecule has 2 unspecified atom stereocenters. The van der Waals surface area contributed by atoms with E-state index in [4.69, 9.17) is 0 Å². The highest BCUT2D eigenvalue weighted by atomic mass is 19.4. The molecule has 0 N–H and O–H groups in total. The lowest BCUT2D eigenvalue weighted by Gasteiger charge is -2.38. The lowest BCUT2D eigenvalue weighted by molar-refractivity contribution is -0.141. The highest BCUT2D eigenvalue weighted by molar-refractivity contribution is 5.58. The fourth-order valence-corrected chi connectivity index (χ4v) is 3.96. The van der Waals surface area contributed by atoms with Crippen LogP contribution in [0.4, 0.5) is 19.0 Å². The highest BCUT2D eigenvalue weighted by Crippen LogP contribution is 2.31. The van der Waals surface area contributed by atoms with Crippen molar-refractivity contribution in [2.45, 2.75) is 25.6 Å². The molecule has 1 saturated heterocycles. The molecule has 5 heterocycles. The van der Waals surface area contributed by atoms with E-state index in [1.165, 1.54) is 10.6 Å². The molecule has 0 bridgehead atoms. The second-order valence-electron chi connectivity index (χ2n) is 7.67. The van der Waals surface area contributed by atoms with E-state index in [1.807, 2.05) is 18.6 Å². The van der Waals surface area contributed by atoms with Crippen molar-refractivity contribution in [2.75, 3.05) is 18.0 Å². The molecule has 5 rings (SSSR count). The summed E-state index contributed by atoms with van der Waals surface area (Å²) in [6, 6.07) is 2.07. The van der Waals surface area contributed by atoms with Crippen molar-refractivity contribution in [1.29, 1.82) is 0 Å². The number of rotatable bonds is 3. The zero-order valence-corrected chi connectivity index (χ0v) is 16.6. The minimum Gasteiger partial charge on any atom is -0.354 e. The van der Waals surface area contributed by atoms with E-state index < -0.39 is 11.9 Å². The van der Waals surface area contributed by atoms with Crippen LogP contribution >= 0.6 is 0 Å². The molecule has 31 heavy (non-hydrogen) atoms. The monoisotopic (exact) mass is 428 g/mol. The average molecular weight is 428 g/mol. The van der Waals surface area contributed by atoms with Crippen LogP contribution in [0.15, 0.2) is 49.6 Å². The molecular weight excluding hydrogens is 409 g/mol. The maximum atomic E-state index is 13.1. The lowest BCUT2D eigenvalue weighted by Crippen LogP contribution is -2.41. The summed E-state index contributed by atoms with van der Waals surface area (Å²) in [5.41, 5.74) is -0.325. The molecule has 2 atom stereocenters. The molecule has 1 fully saturated rings. The van der Waals surface area contributed by atoms with Crippen LogP contribution in [0.3, 0.4) is 0 Å². The molecule has 11 heteroatoms. The molecule has 0 aromatic carbocycles. The number of imidazole rings is 2. The van der Waals surface area contributed by atoms with E-state index in [1.54, 1.807) is 12.4 Å². The van der Waals surface area contributed by atoms with Crippen LogP contribution in [0, 0.1) is 5.92 Å². The third-order valence-electron chi connectivity index (χ3n) is 5.71. The van der Waals surface area contributed by atoms with E-state index in [0.29, 0.717) is 23.1 Å². The SMILES string of the molecule is CC1CCN(c2ccnc(-c3cnc4cnc(C(F)(F)F)cn34)n2)CC1n1ccnc1. The van der Waals surface area contributed by atoms with Crippen molar-refractivity contribution in [3.05, 3.63) is 55.3 Å². The van der Waals surface area contributed by atoms with Gasteiger partial charge in [-0.3, -0.25) is 4.40 Å². The van der Waals surface area contributed by atoms with Crippen LogP contribution in [-0.2, 0) is 6.18 Å². The van der Waals surface area contributed by atoms with E-state index in [9.17, 15) is 13.2 Å². The maximum Gasteiger partial charge on any atom is 0.434 e. The first kappa shape index (κ1) is 19.5. The molecule has 0 radical (unpaired) electrons.